The first-order chi connectivity index (χ1) is 7.54. The van der Waals surface area contributed by atoms with Crippen molar-refractivity contribution in [2.45, 2.75) is 46.6 Å². The van der Waals surface area contributed by atoms with Crippen LogP contribution in [0.3, 0.4) is 0 Å². The molecule has 16 heavy (non-hydrogen) atoms. The van der Waals surface area contributed by atoms with Gasteiger partial charge < -0.3 is 5.32 Å². The van der Waals surface area contributed by atoms with E-state index < -0.39 is 0 Å². The van der Waals surface area contributed by atoms with Gasteiger partial charge in [0.15, 0.2) is 5.82 Å². The fourth-order valence-corrected chi connectivity index (χ4v) is 1.54. The molecule has 0 radical (unpaired) electrons. The Morgan fingerprint density at radius 1 is 1.50 bits per heavy atom. The third-order valence-corrected chi connectivity index (χ3v) is 2.53. The number of nitrogens with one attached hydrogen (secondary N) is 2. The molecule has 90 valence electrons. The van der Waals surface area contributed by atoms with Crippen molar-refractivity contribution in [3.63, 3.8) is 0 Å². The monoisotopic (exact) mass is 224 g/mol. The van der Waals surface area contributed by atoms with Gasteiger partial charge in [-0.15, -0.1) is 0 Å². The summed E-state index contributed by atoms with van der Waals surface area (Å²) in [6.45, 7) is 7.74. The second-order valence-corrected chi connectivity index (χ2v) is 4.20. The van der Waals surface area contributed by atoms with Crippen molar-refractivity contribution < 1.29 is 4.79 Å². The molecule has 0 aliphatic rings. The Labute approximate surface area is 96.0 Å². The molecule has 2 atom stereocenters. The minimum atomic E-state index is -0.142. The van der Waals surface area contributed by atoms with Crippen LogP contribution in [0.1, 0.15) is 51.3 Å². The zero-order valence-corrected chi connectivity index (χ0v) is 10.4. The van der Waals surface area contributed by atoms with E-state index in [0.29, 0.717) is 5.82 Å². The van der Waals surface area contributed by atoms with Crippen LogP contribution < -0.4 is 5.32 Å². The van der Waals surface area contributed by atoms with Crippen molar-refractivity contribution in [3.8, 4) is 0 Å². The number of carbonyl (C=O) groups excluding carboxylic acids is 1. The summed E-state index contributed by atoms with van der Waals surface area (Å²) < 4.78 is 0. The second kappa shape index (κ2) is 5.63. The summed E-state index contributed by atoms with van der Waals surface area (Å²) in [5, 5.41) is 9.70. The number of aryl methyl sites for hydroxylation is 1. The van der Waals surface area contributed by atoms with Crippen molar-refractivity contribution in [1.82, 2.24) is 20.5 Å². The zero-order valence-electron chi connectivity index (χ0n) is 10.4. The van der Waals surface area contributed by atoms with Crippen molar-refractivity contribution in [2.75, 3.05) is 0 Å². The minimum Gasteiger partial charge on any atom is -0.346 e. The standard InChI is InChI=1S/C11H20N4O/c1-5-6-7(2)11(16)12-8(3)10-13-9(4)14-15-10/h7-8H,5-6H2,1-4H3,(H,12,16)(H,13,14,15). The molecule has 0 bridgehead atoms. The number of H-pyrrole nitrogens is 1. The number of hydrogen-bond donors (Lipinski definition) is 2. The fraction of sp³-hybridized carbons (Fsp3) is 0.727. The molecule has 1 heterocycles. The molecule has 2 unspecified atom stereocenters. The first kappa shape index (κ1) is 12.7. The molecule has 0 spiro atoms. The van der Waals surface area contributed by atoms with Crippen LogP contribution in [0.25, 0.3) is 0 Å². The normalized spacial score (nSPS) is 14.5. The van der Waals surface area contributed by atoms with Gasteiger partial charge in [0.2, 0.25) is 5.91 Å². The lowest BCUT2D eigenvalue weighted by Crippen LogP contribution is -2.32. The summed E-state index contributed by atoms with van der Waals surface area (Å²) in [5.41, 5.74) is 0. The molecule has 5 nitrogen and oxygen atoms in total. The predicted molar refractivity (Wildman–Crippen MR) is 61.7 cm³/mol. The summed E-state index contributed by atoms with van der Waals surface area (Å²) in [6.07, 6.45) is 1.92. The first-order valence-electron chi connectivity index (χ1n) is 5.73. The fourth-order valence-electron chi connectivity index (χ4n) is 1.54. The average Bonchev–Trinajstić information content (AvgIpc) is 2.65. The van der Waals surface area contributed by atoms with E-state index in [2.05, 4.69) is 27.4 Å². The van der Waals surface area contributed by atoms with Crippen molar-refractivity contribution in [2.24, 2.45) is 5.92 Å². The smallest absolute Gasteiger partial charge is 0.223 e. The maximum atomic E-state index is 11.7. The maximum absolute atomic E-state index is 11.7. The van der Waals surface area contributed by atoms with Crippen LogP contribution in [0, 0.1) is 12.8 Å². The molecule has 1 rings (SSSR count). The van der Waals surface area contributed by atoms with Crippen LogP contribution in [0.4, 0.5) is 0 Å². The van der Waals surface area contributed by atoms with Crippen molar-refractivity contribution in [1.29, 1.82) is 0 Å². The average molecular weight is 224 g/mol. The van der Waals surface area contributed by atoms with Crippen molar-refractivity contribution >= 4 is 5.91 Å². The summed E-state index contributed by atoms with van der Waals surface area (Å²) in [5.74, 6) is 1.51. The molecule has 0 aliphatic carbocycles. The van der Waals surface area contributed by atoms with E-state index in [0.717, 1.165) is 18.7 Å². The van der Waals surface area contributed by atoms with Crippen LogP contribution in [0.15, 0.2) is 0 Å². The number of aromatic amines is 1. The van der Waals surface area contributed by atoms with Crippen LogP contribution in [0.5, 0.6) is 0 Å². The summed E-state index contributed by atoms with van der Waals surface area (Å²) in [6, 6.07) is -0.142. The predicted octanol–water partition coefficient (Wildman–Crippen LogP) is 1.73. The Hall–Kier alpha value is -1.39. The Balaban J connectivity index is 2.51. The molecule has 1 amide bonds. The van der Waals surface area contributed by atoms with E-state index in [9.17, 15) is 4.79 Å². The Morgan fingerprint density at radius 3 is 2.69 bits per heavy atom. The number of amides is 1. The Morgan fingerprint density at radius 2 is 2.19 bits per heavy atom. The third kappa shape index (κ3) is 3.32. The maximum Gasteiger partial charge on any atom is 0.223 e. The third-order valence-electron chi connectivity index (χ3n) is 2.53. The highest BCUT2D eigenvalue weighted by Crippen LogP contribution is 2.10. The summed E-state index contributed by atoms with van der Waals surface area (Å²) >= 11 is 0. The van der Waals surface area contributed by atoms with Gasteiger partial charge in [0, 0.05) is 5.92 Å². The highest BCUT2D eigenvalue weighted by Gasteiger charge is 2.17. The lowest BCUT2D eigenvalue weighted by atomic mass is 10.1. The van der Waals surface area contributed by atoms with E-state index >= 15 is 0 Å². The highest BCUT2D eigenvalue weighted by atomic mass is 16.1. The first-order valence-corrected chi connectivity index (χ1v) is 5.73. The van der Waals surface area contributed by atoms with Crippen molar-refractivity contribution in [3.05, 3.63) is 11.6 Å². The van der Waals surface area contributed by atoms with Gasteiger partial charge in [0.05, 0.1) is 6.04 Å². The molecule has 2 N–H and O–H groups in total. The number of rotatable bonds is 5. The molecular formula is C11H20N4O. The van der Waals surface area contributed by atoms with E-state index in [4.69, 9.17) is 0 Å². The van der Waals surface area contributed by atoms with Gasteiger partial charge in [-0.3, -0.25) is 9.89 Å². The Bertz CT molecular complexity index is 348. The van der Waals surface area contributed by atoms with Gasteiger partial charge in [0.1, 0.15) is 5.82 Å². The van der Waals surface area contributed by atoms with E-state index in [1.165, 1.54) is 0 Å². The van der Waals surface area contributed by atoms with E-state index in [-0.39, 0.29) is 17.9 Å². The second-order valence-electron chi connectivity index (χ2n) is 4.20. The Kier molecular flexibility index (Phi) is 4.46. The molecular weight excluding hydrogens is 204 g/mol. The summed E-state index contributed by atoms with van der Waals surface area (Å²) in [7, 11) is 0. The van der Waals surface area contributed by atoms with E-state index in [1.54, 1.807) is 0 Å². The quantitative estimate of drug-likeness (QED) is 0.800. The van der Waals surface area contributed by atoms with Gasteiger partial charge >= 0.3 is 0 Å². The van der Waals surface area contributed by atoms with Crippen LogP contribution >= 0.6 is 0 Å². The van der Waals surface area contributed by atoms with Gasteiger partial charge in [-0.05, 0) is 20.3 Å². The molecule has 1 aromatic heterocycles. The lowest BCUT2D eigenvalue weighted by molar-refractivity contribution is -0.125. The largest absolute Gasteiger partial charge is 0.346 e. The molecule has 0 fully saturated rings. The van der Waals surface area contributed by atoms with E-state index in [1.807, 2.05) is 20.8 Å². The molecule has 0 aliphatic heterocycles. The van der Waals surface area contributed by atoms with Crippen LogP contribution in [0.2, 0.25) is 0 Å². The zero-order chi connectivity index (χ0) is 12.1. The van der Waals surface area contributed by atoms with Gasteiger partial charge in [-0.2, -0.15) is 5.10 Å². The summed E-state index contributed by atoms with van der Waals surface area (Å²) in [4.78, 5) is 15.9. The van der Waals surface area contributed by atoms with Crippen LogP contribution in [-0.4, -0.2) is 21.1 Å². The minimum absolute atomic E-state index is 0.0486. The van der Waals surface area contributed by atoms with Gasteiger partial charge in [-0.1, -0.05) is 20.3 Å². The van der Waals surface area contributed by atoms with Crippen LogP contribution in [-0.2, 0) is 4.79 Å². The highest BCUT2D eigenvalue weighted by molar-refractivity contribution is 5.78. The molecule has 0 saturated carbocycles. The topological polar surface area (TPSA) is 70.7 Å². The number of aromatic nitrogens is 3. The van der Waals surface area contributed by atoms with Gasteiger partial charge in [0.25, 0.3) is 0 Å². The molecule has 5 heteroatoms. The molecule has 1 aromatic rings. The lowest BCUT2D eigenvalue weighted by Gasteiger charge is -2.14. The molecule has 0 aromatic carbocycles. The number of carbonyl (C=O) groups is 1. The molecule has 0 saturated heterocycles. The van der Waals surface area contributed by atoms with Gasteiger partial charge in [-0.25, -0.2) is 4.98 Å². The number of nitrogens with zero attached hydrogens (tertiary/aromatic N) is 2. The number of hydrogen-bond acceptors (Lipinski definition) is 3. The SMILES string of the molecule is CCCC(C)C(=O)NC(C)c1n[nH]c(C)n1.